The van der Waals surface area contributed by atoms with Crippen molar-refractivity contribution in [3.8, 4) is 0 Å². The number of hydrogen-bond donors (Lipinski definition) is 1. The van der Waals surface area contributed by atoms with Crippen molar-refractivity contribution >= 4 is 11.9 Å². The number of ether oxygens (including phenoxy) is 2. The molecule has 8 nitrogen and oxygen atoms in total. The van der Waals surface area contributed by atoms with Gasteiger partial charge in [-0.1, -0.05) is 5.21 Å². The van der Waals surface area contributed by atoms with Gasteiger partial charge in [-0.05, 0) is 12.8 Å². The summed E-state index contributed by atoms with van der Waals surface area (Å²) in [6.07, 6.45) is 3.49. The SMILES string of the molecule is O=C(O)COC(=O)c1cn(CC2CCCO2)nn1. The first-order valence-corrected chi connectivity index (χ1v) is 5.56. The van der Waals surface area contributed by atoms with Crippen LogP contribution < -0.4 is 0 Å². The van der Waals surface area contributed by atoms with E-state index in [1.165, 1.54) is 10.9 Å². The maximum Gasteiger partial charge on any atom is 0.361 e. The Bertz CT molecular complexity index is 438. The van der Waals surface area contributed by atoms with E-state index >= 15 is 0 Å². The normalized spacial score (nSPS) is 18.8. The van der Waals surface area contributed by atoms with Crippen molar-refractivity contribution in [1.82, 2.24) is 15.0 Å². The average Bonchev–Trinajstić information content (AvgIpc) is 2.98. The Labute approximate surface area is 102 Å². The van der Waals surface area contributed by atoms with E-state index in [0.29, 0.717) is 6.54 Å². The van der Waals surface area contributed by atoms with Gasteiger partial charge in [-0.15, -0.1) is 5.10 Å². The van der Waals surface area contributed by atoms with Crippen LogP contribution in [0.5, 0.6) is 0 Å². The first-order valence-electron chi connectivity index (χ1n) is 5.56. The van der Waals surface area contributed by atoms with Crippen LogP contribution in [-0.4, -0.2) is 51.4 Å². The van der Waals surface area contributed by atoms with E-state index < -0.39 is 18.5 Å². The van der Waals surface area contributed by atoms with Gasteiger partial charge >= 0.3 is 11.9 Å². The molecule has 0 amide bonds. The highest BCUT2D eigenvalue weighted by Crippen LogP contribution is 2.13. The number of carboxylic acid groups (broad SMARTS) is 1. The Morgan fingerprint density at radius 1 is 1.61 bits per heavy atom. The largest absolute Gasteiger partial charge is 0.479 e. The third-order valence-corrected chi connectivity index (χ3v) is 2.49. The van der Waals surface area contributed by atoms with Gasteiger partial charge in [0.15, 0.2) is 12.3 Å². The van der Waals surface area contributed by atoms with Crippen LogP contribution in [0.1, 0.15) is 23.3 Å². The van der Waals surface area contributed by atoms with Crippen molar-refractivity contribution in [3.63, 3.8) is 0 Å². The molecule has 0 aliphatic carbocycles. The van der Waals surface area contributed by atoms with Crippen molar-refractivity contribution in [2.24, 2.45) is 0 Å². The second kappa shape index (κ2) is 5.58. The van der Waals surface area contributed by atoms with Gasteiger partial charge in [-0.3, -0.25) is 0 Å². The summed E-state index contributed by atoms with van der Waals surface area (Å²) in [4.78, 5) is 21.6. The maximum atomic E-state index is 11.4. The summed E-state index contributed by atoms with van der Waals surface area (Å²) in [7, 11) is 0. The van der Waals surface area contributed by atoms with E-state index in [4.69, 9.17) is 9.84 Å². The fraction of sp³-hybridized carbons (Fsp3) is 0.600. The molecule has 2 heterocycles. The summed E-state index contributed by atoms with van der Waals surface area (Å²) in [6, 6.07) is 0. The molecule has 1 aliphatic rings. The van der Waals surface area contributed by atoms with Crippen LogP contribution in [0.4, 0.5) is 0 Å². The Morgan fingerprint density at radius 3 is 3.11 bits per heavy atom. The topological polar surface area (TPSA) is 104 Å². The standard InChI is InChI=1S/C10H13N3O5/c14-9(15)6-18-10(16)8-5-13(12-11-8)4-7-2-1-3-17-7/h5,7H,1-4,6H2,(H,14,15). The molecule has 1 aromatic rings. The van der Waals surface area contributed by atoms with Gasteiger partial charge in [0.2, 0.25) is 0 Å². The molecule has 1 saturated heterocycles. The number of esters is 1. The summed E-state index contributed by atoms with van der Waals surface area (Å²) in [5.41, 5.74) is -0.00533. The predicted octanol–water partition coefficient (Wildman–Crippen LogP) is -0.302. The molecule has 8 heteroatoms. The molecular formula is C10H13N3O5. The van der Waals surface area contributed by atoms with Crippen LogP contribution in [0.15, 0.2) is 6.20 Å². The molecule has 1 fully saturated rings. The maximum absolute atomic E-state index is 11.4. The van der Waals surface area contributed by atoms with Gasteiger partial charge in [0, 0.05) is 6.61 Å². The molecule has 1 aliphatic heterocycles. The van der Waals surface area contributed by atoms with Gasteiger partial charge < -0.3 is 14.6 Å². The quantitative estimate of drug-likeness (QED) is 0.720. The van der Waals surface area contributed by atoms with Crippen LogP contribution in [-0.2, 0) is 20.8 Å². The number of carbonyl (C=O) groups excluding carboxylic acids is 1. The first-order chi connectivity index (χ1) is 8.65. The van der Waals surface area contributed by atoms with Gasteiger partial charge in [0.05, 0.1) is 18.8 Å². The summed E-state index contributed by atoms with van der Waals surface area (Å²) < 4.78 is 11.4. The minimum absolute atomic E-state index is 0.00533. The molecule has 18 heavy (non-hydrogen) atoms. The van der Waals surface area contributed by atoms with Crippen LogP contribution in [0.25, 0.3) is 0 Å². The summed E-state index contributed by atoms with van der Waals surface area (Å²) in [5.74, 6) is -2.01. The third-order valence-electron chi connectivity index (χ3n) is 2.49. The monoisotopic (exact) mass is 255 g/mol. The zero-order chi connectivity index (χ0) is 13.0. The van der Waals surface area contributed by atoms with Crippen molar-refractivity contribution in [2.75, 3.05) is 13.2 Å². The number of nitrogens with zero attached hydrogens (tertiary/aromatic N) is 3. The molecule has 1 atom stereocenters. The van der Waals surface area contributed by atoms with Crippen LogP contribution in [0.3, 0.4) is 0 Å². The van der Waals surface area contributed by atoms with Gasteiger partial charge in [-0.2, -0.15) is 0 Å². The highest BCUT2D eigenvalue weighted by Gasteiger charge is 2.19. The Hall–Kier alpha value is -1.96. The smallest absolute Gasteiger partial charge is 0.361 e. The van der Waals surface area contributed by atoms with Gasteiger partial charge in [0.1, 0.15) is 0 Å². The molecule has 0 saturated carbocycles. The highest BCUT2D eigenvalue weighted by atomic mass is 16.5. The summed E-state index contributed by atoms with van der Waals surface area (Å²) >= 11 is 0. The molecule has 0 bridgehead atoms. The zero-order valence-electron chi connectivity index (χ0n) is 9.61. The van der Waals surface area contributed by atoms with Gasteiger partial charge in [0.25, 0.3) is 0 Å². The third kappa shape index (κ3) is 3.27. The van der Waals surface area contributed by atoms with Gasteiger partial charge in [-0.25, -0.2) is 14.3 Å². The minimum Gasteiger partial charge on any atom is -0.479 e. The first kappa shape index (κ1) is 12.5. The van der Waals surface area contributed by atoms with Crippen LogP contribution in [0.2, 0.25) is 0 Å². The lowest BCUT2D eigenvalue weighted by atomic mass is 10.2. The zero-order valence-corrected chi connectivity index (χ0v) is 9.61. The number of hydrogen-bond acceptors (Lipinski definition) is 6. The summed E-state index contributed by atoms with van der Waals surface area (Å²) in [5, 5.41) is 15.8. The predicted molar refractivity (Wildman–Crippen MR) is 56.9 cm³/mol. The lowest BCUT2D eigenvalue weighted by Crippen LogP contribution is -2.15. The molecular weight excluding hydrogens is 242 g/mol. The molecule has 98 valence electrons. The van der Waals surface area contributed by atoms with Crippen molar-refractivity contribution in [3.05, 3.63) is 11.9 Å². The molecule has 2 rings (SSSR count). The minimum atomic E-state index is -1.21. The van der Waals surface area contributed by atoms with Crippen LogP contribution >= 0.6 is 0 Å². The Kier molecular flexibility index (Phi) is 3.88. The van der Waals surface area contributed by atoms with Crippen molar-refractivity contribution in [1.29, 1.82) is 0 Å². The second-order valence-corrected chi connectivity index (χ2v) is 3.93. The molecule has 0 spiro atoms. The number of carboxylic acids is 1. The average molecular weight is 255 g/mol. The van der Waals surface area contributed by atoms with E-state index in [-0.39, 0.29) is 11.8 Å². The molecule has 0 radical (unpaired) electrons. The summed E-state index contributed by atoms with van der Waals surface area (Å²) in [6.45, 7) is 0.587. The van der Waals surface area contributed by atoms with Crippen molar-refractivity contribution in [2.45, 2.75) is 25.5 Å². The lowest BCUT2D eigenvalue weighted by Gasteiger charge is -2.07. The lowest BCUT2D eigenvalue weighted by molar-refractivity contribution is -0.140. The van der Waals surface area contributed by atoms with E-state index in [1.54, 1.807) is 0 Å². The molecule has 0 aromatic carbocycles. The second-order valence-electron chi connectivity index (χ2n) is 3.93. The van der Waals surface area contributed by atoms with Crippen LogP contribution in [0, 0.1) is 0 Å². The van der Waals surface area contributed by atoms with E-state index in [0.717, 1.165) is 19.4 Å². The molecule has 1 unspecified atom stereocenters. The number of carbonyl (C=O) groups is 2. The molecule has 1 aromatic heterocycles. The molecule has 1 N–H and O–H groups in total. The number of aromatic nitrogens is 3. The number of rotatable bonds is 5. The van der Waals surface area contributed by atoms with E-state index in [2.05, 4.69) is 15.0 Å². The highest BCUT2D eigenvalue weighted by molar-refractivity contribution is 5.88. The Balaban J connectivity index is 1.88. The number of aliphatic carboxylic acids is 1. The Morgan fingerprint density at radius 2 is 2.44 bits per heavy atom. The van der Waals surface area contributed by atoms with Crippen molar-refractivity contribution < 1.29 is 24.2 Å². The fourth-order valence-electron chi connectivity index (χ4n) is 1.68. The fourth-order valence-corrected chi connectivity index (χ4v) is 1.68. The van der Waals surface area contributed by atoms with E-state index in [9.17, 15) is 9.59 Å². The van der Waals surface area contributed by atoms with E-state index in [1.807, 2.05) is 0 Å².